The van der Waals surface area contributed by atoms with Gasteiger partial charge in [0.15, 0.2) is 0 Å². The van der Waals surface area contributed by atoms with E-state index in [1.54, 1.807) is 30.3 Å². The molecule has 0 aliphatic heterocycles. The average Bonchev–Trinajstić information content (AvgIpc) is 2.71. The quantitative estimate of drug-likeness (QED) is 0.402. The van der Waals surface area contributed by atoms with Crippen molar-refractivity contribution in [2.24, 2.45) is 5.10 Å². The zero-order chi connectivity index (χ0) is 19.9. The fraction of sp³-hybridized carbons (Fsp3) is 0.300. The third-order valence-electron chi connectivity index (χ3n) is 4.64. The number of aromatic amines is 1. The number of nitrogens with one attached hydrogen (secondary N) is 2. The van der Waals surface area contributed by atoms with Crippen LogP contribution < -0.4 is 16.7 Å². The van der Waals surface area contributed by atoms with Crippen molar-refractivity contribution in [2.45, 2.75) is 38.6 Å². The lowest BCUT2D eigenvalue weighted by atomic mass is 9.97. The molecule has 0 unspecified atom stereocenters. The largest absolute Gasteiger partial charge is 0.494 e. The maximum Gasteiger partial charge on any atom is 0.331 e. The van der Waals surface area contributed by atoms with E-state index in [1.807, 2.05) is 0 Å². The molecule has 0 spiro atoms. The summed E-state index contributed by atoms with van der Waals surface area (Å²) in [6.45, 7) is 0.254. The molecular weight excluding hydrogens is 360 g/mol. The van der Waals surface area contributed by atoms with Crippen molar-refractivity contribution < 1.29 is 9.90 Å². The summed E-state index contributed by atoms with van der Waals surface area (Å²) in [5.74, 6) is -0.923. The van der Waals surface area contributed by atoms with Crippen LogP contribution in [0.15, 0.2) is 56.7 Å². The van der Waals surface area contributed by atoms with Crippen molar-refractivity contribution >= 4 is 12.1 Å². The number of carbonyl (C=O) groups excluding carboxylic acids is 1. The number of aromatic hydroxyl groups is 1. The second-order valence-corrected chi connectivity index (χ2v) is 6.57. The lowest BCUT2D eigenvalue weighted by Gasteiger charge is -2.14. The van der Waals surface area contributed by atoms with Crippen LogP contribution in [0.1, 0.15) is 48.0 Å². The first-order valence-corrected chi connectivity index (χ1v) is 9.18. The molecule has 0 radical (unpaired) electrons. The number of amides is 1. The van der Waals surface area contributed by atoms with Gasteiger partial charge in [-0.2, -0.15) is 5.10 Å². The van der Waals surface area contributed by atoms with Gasteiger partial charge in [0, 0.05) is 12.1 Å². The minimum atomic E-state index is -0.770. The van der Waals surface area contributed by atoms with Gasteiger partial charge < -0.3 is 5.11 Å². The van der Waals surface area contributed by atoms with Crippen molar-refractivity contribution in [1.29, 1.82) is 0 Å². The normalized spacial score (nSPS) is 14.1. The average molecular weight is 382 g/mol. The second kappa shape index (κ2) is 8.98. The molecule has 0 saturated heterocycles. The highest BCUT2D eigenvalue weighted by molar-refractivity contribution is 5.94. The summed E-state index contributed by atoms with van der Waals surface area (Å²) in [7, 11) is 0. The molecule has 146 valence electrons. The number of hydrogen-bond donors (Lipinski definition) is 3. The van der Waals surface area contributed by atoms with Gasteiger partial charge in [0.2, 0.25) is 5.88 Å². The molecule has 3 N–H and O–H groups in total. The maximum atomic E-state index is 12.1. The first-order chi connectivity index (χ1) is 13.6. The summed E-state index contributed by atoms with van der Waals surface area (Å²) in [4.78, 5) is 38.2. The number of aromatic nitrogens is 2. The number of rotatable bonds is 6. The van der Waals surface area contributed by atoms with Crippen LogP contribution in [0.2, 0.25) is 0 Å². The molecule has 1 aromatic carbocycles. The van der Waals surface area contributed by atoms with E-state index in [-0.39, 0.29) is 12.1 Å². The van der Waals surface area contributed by atoms with Crippen LogP contribution in [0, 0.1) is 0 Å². The monoisotopic (exact) mass is 382 g/mol. The van der Waals surface area contributed by atoms with E-state index >= 15 is 0 Å². The van der Waals surface area contributed by atoms with Gasteiger partial charge in [0.05, 0.1) is 6.21 Å². The fourth-order valence-electron chi connectivity index (χ4n) is 3.10. The standard InChI is InChI=1S/C20H22N4O4/c25-17(15-9-5-2-6-10-15)23-21-13-16-18(26)22-20(28)24(19(16)27)12-11-14-7-3-1-4-8-14/h2,5-7,9-10,13,27H,1,3-4,8,11-12H2,(H,23,25)(H,22,26,28)/b21-13-. The highest BCUT2D eigenvalue weighted by Crippen LogP contribution is 2.21. The van der Waals surface area contributed by atoms with E-state index in [2.05, 4.69) is 21.6 Å². The Kier molecular flexibility index (Phi) is 6.21. The lowest BCUT2D eigenvalue weighted by Crippen LogP contribution is -2.32. The summed E-state index contributed by atoms with van der Waals surface area (Å²) in [6.07, 6.45) is 8.13. The predicted octanol–water partition coefficient (Wildman–Crippen LogP) is 1.90. The van der Waals surface area contributed by atoms with Crippen LogP contribution in [-0.4, -0.2) is 26.8 Å². The number of allylic oxidation sites excluding steroid dienone is 2. The Morgan fingerprint density at radius 1 is 1.25 bits per heavy atom. The van der Waals surface area contributed by atoms with Gasteiger partial charge in [0.25, 0.3) is 11.5 Å². The summed E-state index contributed by atoms with van der Waals surface area (Å²) < 4.78 is 1.11. The molecule has 8 heteroatoms. The minimum absolute atomic E-state index is 0.189. The van der Waals surface area contributed by atoms with Crippen molar-refractivity contribution in [3.63, 3.8) is 0 Å². The maximum absolute atomic E-state index is 12.1. The first kappa shape index (κ1) is 19.3. The molecule has 1 aliphatic carbocycles. The second-order valence-electron chi connectivity index (χ2n) is 6.57. The molecule has 0 bridgehead atoms. The van der Waals surface area contributed by atoms with Gasteiger partial charge in [-0.05, 0) is 44.2 Å². The van der Waals surface area contributed by atoms with Crippen LogP contribution in [0.4, 0.5) is 0 Å². The molecule has 1 aliphatic rings. The van der Waals surface area contributed by atoms with Gasteiger partial charge >= 0.3 is 5.69 Å². The third kappa shape index (κ3) is 4.64. The van der Waals surface area contributed by atoms with E-state index in [0.29, 0.717) is 12.0 Å². The Morgan fingerprint density at radius 3 is 2.75 bits per heavy atom. The van der Waals surface area contributed by atoms with Gasteiger partial charge in [-0.25, -0.2) is 10.2 Å². The molecule has 1 aromatic heterocycles. The SMILES string of the molecule is O=C(N/N=C\c1c(O)n(CCC2=CCCCC2)c(=O)[nH]c1=O)c1ccccc1. The predicted molar refractivity (Wildman–Crippen MR) is 106 cm³/mol. The molecule has 0 atom stereocenters. The Balaban J connectivity index is 1.75. The van der Waals surface area contributed by atoms with Crippen LogP contribution in [0.3, 0.4) is 0 Å². The number of hydrogen-bond acceptors (Lipinski definition) is 5. The van der Waals surface area contributed by atoms with Crippen LogP contribution in [-0.2, 0) is 6.54 Å². The van der Waals surface area contributed by atoms with E-state index < -0.39 is 23.0 Å². The van der Waals surface area contributed by atoms with Gasteiger partial charge in [0.1, 0.15) is 5.56 Å². The van der Waals surface area contributed by atoms with Crippen molar-refractivity contribution in [1.82, 2.24) is 15.0 Å². The summed E-state index contributed by atoms with van der Waals surface area (Å²) in [5.41, 5.74) is 2.30. The Labute approximate surface area is 161 Å². The van der Waals surface area contributed by atoms with Gasteiger partial charge in [-0.15, -0.1) is 0 Å². The number of nitrogens with zero attached hydrogens (tertiary/aromatic N) is 2. The number of carbonyl (C=O) groups is 1. The highest BCUT2D eigenvalue weighted by atomic mass is 16.3. The number of H-pyrrole nitrogens is 1. The summed E-state index contributed by atoms with van der Waals surface area (Å²) in [5, 5.41) is 14.1. The Hall–Kier alpha value is -3.42. The smallest absolute Gasteiger partial charge is 0.331 e. The fourth-order valence-corrected chi connectivity index (χ4v) is 3.10. The van der Waals surface area contributed by atoms with Crippen molar-refractivity contribution in [3.8, 4) is 5.88 Å². The van der Waals surface area contributed by atoms with Crippen LogP contribution in [0.5, 0.6) is 5.88 Å². The first-order valence-electron chi connectivity index (χ1n) is 9.18. The molecule has 3 rings (SSSR count). The summed E-state index contributed by atoms with van der Waals surface area (Å²) >= 11 is 0. The summed E-state index contributed by atoms with van der Waals surface area (Å²) in [6, 6.07) is 8.45. The van der Waals surface area contributed by atoms with E-state index in [0.717, 1.165) is 30.0 Å². The number of hydrazone groups is 1. The van der Waals surface area contributed by atoms with E-state index in [4.69, 9.17) is 0 Å². The lowest BCUT2D eigenvalue weighted by molar-refractivity contribution is 0.0955. The Bertz CT molecular complexity index is 1020. The van der Waals surface area contributed by atoms with Crippen LogP contribution >= 0.6 is 0 Å². The molecule has 2 aromatic rings. The van der Waals surface area contributed by atoms with E-state index in [1.165, 1.54) is 12.0 Å². The van der Waals surface area contributed by atoms with E-state index in [9.17, 15) is 19.5 Å². The van der Waals surface area contributed by atoms with Crippen LogP contribution in [0.25, 0.3) is 0 Å². The molecule has 0 saturated carbocycles. The molecular formula is C20H22N4O4. The topological polar surface area (TPSA) is 117 Å². The van der Waals surface area contributed by atoms with Gasteiger partial charge in [-0.3, -0.25) is 19.1 Å². The number of benzene rings is 1. The molecule has 1 heterocycles. The molecule has 8 nitrogen and oxygen atoms in total. The zero-order valence-corrected chi connectivity index (χ0v) is 15.4. The zero-order valence-electron chi connectivity index (χ0n) is 15.4. The molecule has 28 heavy (non-hydrogen) atoms. The molecule has 1 amide bonds. The Morgan fingerprint density at radius 2 is 2.04 bits per heavy atom. The minimum Gasteiger partial charge on any atom is -0.494 e. The molecule has 0 fully saturated rings. The van der Waals surface area contributed by atoms with Gasteiger partial charge in [-0.1, -0.05) is 29.8 Å². The van der Waals surface area contributed by atoms with Crippen molar-refractivity contribution in [2.75, 3.05) is 0 Å². The van der Waals surface area contributed by atoms with Crippen molar-refractivity contribution in [3.05, 3.63) is 73.9 Å². The highest BCUT2D eigenvalue weighted by Gasteiger charge is 2.14. The third-order valence-corrected chi connectivity index (χ3v) is 4.64.